The predicted octanol–water partition coefficient (Wildman–Crippen LogP) is 4.23. The van der Waals surface area contributed by atoms with Gasteiger partial charge in [0.25, 0.3) is 0 Å². The molecule has 1 heterocycles. The molecule has 0 spiro atoms. The van der Waals surface area contributed by atoms with Gasteiger partial charge in [-0.2, -0.15) is 0 Å². The van der Waals surface area contributed by atoms with Crippen molar-refractivity contribution in [2.45, 2.75) is 19.3 Å². The Labute approximate surface area is 117 Å². The molecule has 2 aromatic rings. The first-order valence-electron chi connectivity index (χ1n) is 5.99. The summed E-state index contributed by atoms with van der Waals surface area (Å²) in [6.45, 7) is 5.31. The summed E-state index contributed by atoms with van der Waals surface area (Å²) in [7, 11) is 0. The van der Waals surface area contributed by atoms with Gasteiger partial charge >= 0.3 is 0 Å². The number of hydrogen-bond donors (Lipinski definition) is 1. The highest BCUT2D eigenvalue weighted by Gasteiger charge is 2.19. The van der Waals surface area contributed by atoms with Crippen LogP contribution in [0.1, 0.15) is 19.4 Å². The van der Waals surface area contributed by atoms with E-state index in [1.54, 1.807) is 6.20 Å². The minimum absolute atomic E-state index is 0.0794. The van der Waals surface area contributed by atoms with Crippen LogP contribution in [-0.4, -0.2) is 11.5 Å². The van der Waals surface area contributed by atoms with Crippen molar-refractivity contribution in [3.63, 3.8) is 0 Å². The van der Waals surface area contributed by atoms with Crippen molar-refractivity contribution >= 4 is 21.7 Å². The number of hydrogen-bond acceptors (Lipinski definition) is 2. The minimum Gasteiger partial charge on any atom is -0.369 e. The number of aromatic nitrogens is 1. The van der Waals surface area contributed by atoms with Gasteiger partial charge in [0.2, 0.25) is 0 Å². The van der Waals surface area contributed by atoms with Gasteiger partial charge in [-0.3, -0.25) is 0 Å². The lowest BCUT2D eigenvalue weighted by atomic mass is 9.85. The number of rotatable bonds is 4. The van der Waals surface area contributed by atoms with Gasteiger partial charge in [0.15, 0.2) is 0 Å². The molecule has 0 saturated heterocycles. The molecule has 2 nitrogen and oxygen atoms in total. The Morgan fingerprint density at radius 3 is 2.44 bits per heavy atom. The molecule has 0 aliphatic rings. The van der Waals surface area contributed by atoms with E-state index >= 15 is 0 Å². The van der Waals surface area contributed by atoms with Crippen LogP contribution in [0.3, 0.4) is 0 Å². The Morgan fingerprint density at radius 1 is 1.11 bits per heavy atom. The lowest BCUT2D eigenvalue weighted by Gasteiger charge is -2.25. The van der Waals surface area contributed by atoms with Crippen LogP contribution in [0.2, 0.25) is 0 Å². The largest absolute Gasteiger partial charge is 0.369 e. The van der Waals surface area contributed by atoms with E-state index in [1.807, 2.05) is 18.2 Å². The molecule has 1 aromatic heterocycles. The quantitative estimate of drug-likeness (QED) is 0.914. The van der Waals surface area contributed by atoms with Gasteiger partial charge in [0.1, 0.15) is 5.82 Å². The third kappa shape index (κ3) is 3.33. The van der Waals surface area contributed by atoms with Gasteiger partial charge in [-0.05, 0) is 33.6 Å². The second-order valence-electron chi connectivity index (χ2n) is 4.97. The fourth-order valence-corrected chi connectivity index (χ4v) is 2.02. The highest BCUT2D eigenvalue weighted by Crippen LogP contribution is 2.23. The van der Waals surface area contributed by atoms with Crippen LogP contribution < -0.4 is 5.32 Å². The van der Waals surface area contributed by atoms with Crippen molar-refractivity contribution < 1.29 is 0 Å². The van der Waals surface area contributed by atoms with E-state index in [-0.39, 0.29) is 5.41 Å². The van der Waals surface area contributed by atoms with Crippen molar-refractivity contribution in [2.75, 3.05) is 11.9 Å². The molecule has 0 bridgehead atoms. The fraction of sp³-hybridized carbons (Fsp3) is 0.267. The first-order chi connectivity index (χ1) is 8.58. The summed E-state index contributed by atoms with van der Waals surface area (Å²) in [4.78, 5) is 4.32. The standard InChI is InChI=1S/C15H17BrN2/c1-15(2,12-6-4-3-5-7-12)11-18-14-9-8-13(16)10-17-14/h3-10H,11H2,1-2H3,(H,17,18). The van der Waals surface area contributed by atoms with Gasteiger partial charge in [-0.25, -0.2) is 4.98 Å². The Hall–Kier alpha value is -1.35. The zero-order valence-corrected chi connectivity index (χ0v) is 12.2. The first-order valence-corrected chi connectivity index (χ1v) is 6.78. The lowest BCUT2D eigenvalue weighted by molar-refractivity contribution is 0.556. The van der Waals surface area contributed by atoms with Crippen molar-refractivity contribution in [3.8, 4) is 0 Å². The molecule has 0 fully saturated rings. The Bertz CT molecular complexity index is 492. The summed E-state index contributed by atoms with van der Waals surface area (Å²) < 4.78 is 0.996. The molecule has 0 saturated carbocycles. The number of pyridine rings is 1. The summed E-state index contributed by atoms with van der Waals surface area (Å²) in [6, 6.07) is 14.5. The molecule has 0 atom stereocenters. The maximum Gasteiger partial charge on any atom is 0.125 e. The molecular weight excluding hydrogens is 288 g/mol. The van der Waals surface area contributed by atoms with Crippen LogP contribution in [-0.2, 0) is 5.41 Å². The molecule has 0 amide bonds. The minimum atomic E-state index is 0.0794. The van der Waals surface area contributed by atoms with E-state index < -0.39 is 0 Å². The van der Waals surface area contributed by atoms with E-state index in [1.165, 1.54) is 5.56 Å². The summed E-state index contributed by atoms with van der Waals surface area (Å²) in [5.41, 5.74) is 1.41. The van der Waals surface area contributed by atoms with E-state index in [2.05, 4.69) is 64.3 Å². The smallest absolute Gasteiger partial charge is 0.125 e. The molecule has 0 unspecified atom stereocenters. The highest BCUT2D eigenvalue weighted by atomic mass is 79.9. The van der Waals surface area contributed by atoms with Crippen molar-refractivity contribution in [1.82, 2.24) is 4.98 Å². The van der Waals surface area contributed by atoms with Gasteiger partial charge in [0, 0.05) is 22.6 Å². The molecule has 0 radical (unpaired) electrons. The van der Waals surface area contributed by atoms with Crippen LogP contribution in [0, 0.1) is 0 Å². The molecule has 2 rings (SSSR count). The van der Waals surface area contributed by atoms with Gasteiger partial charge < -0.3 is 5.32 Å². The number of nitrogens with zero attached hydrogens (tertiary/aromatic N) is 1. The Balaban J connectivity index is 2.03. The maximum atomic E-state index is 4.32. The van der Waals surface area contributed by atoms with E-state index in [9.17, 15) is 0 Å². The predicted molar refractivity (Wildman–Crippen MR) is 79.9 cm³/mol. The van der Waals surface area contributed by atoms with E-state index in [0.29, 0.717) is 0 Å². The highest BCUT2D eigenvalue weighted by molar-refractivity contribution is 9.10. The first kappa shape index (κ1) is 13.1. The van der Waals surface area contributed by atoms with Gasteiger partial charge in [-0.15, -0.1) is 0 Å². The van der Waals surface area contributed by atoms with Gasteiger partial charge in [0.05, 0.1) is 0 Å². The summed E-state index contributed by atoms with van der Waals surface area (Å²) in [5, 5.41) is 3.38. The number of halogens is 1. The normalized spacial score (nSPS) is 11.3. The second-order valence-corrected chi connectivity index (χ2v) is 5.88. The van der Waals surface area contributed by atoms with Crippen LogP contribution in [0.15, 0.2) is 53.1 Å². The van der Waals surface area contributed by atoms with E-state index in [4.69, 9.17) is 0 Å². The Kier molecular flexibility index (Phi) is 4.02. The molecular formula is C15H17BrN2. The lowest BCUT2D eigenvalue weighted by Crippen LogP contribution is -2.27. The van der Waals surface area contributed by atoms with Crippen molar-refractivity contribution in [2.24, 2.45) is 0 Å². The SMILES string of the molecule is CC(C)(CNc1ccc(Br)cn1)c1ccccc1. The molecule has 94 valence electrons. The summed E-state index contributed by atoms with van der Waals surface area (Å²) in [5.74, 6) is 0.905. The summed E-state index contributed by atoms with van der Waals surface area (Å²) in [6.07, 6.45) is 1.80. The number of benzene rings is 1. The molecule has 1 aromatic carbocycles. The van der Waals surface area contributed by atoms with Crippen molar-refractivity contribution in [1.29, 1.82) is 0 Å². The molecule has 18 heavy (non-hydrogen) atoms. The average molecular weight is 305 g/mol. The average Bonchev–Trinajstić information content (AvgIpc) is 2.39. The molecule has 0 aliphatic carbocycles. The Morgan fingerprint density at radius 2 is 1.83 bits per heavy atom. The molecule has 1 N–H and O–H groups in total. The third-order valence-electron chi connectivity index (χ3n) is 2.99. The zero-order valence-electron chi connectivity index (χ0n) is 10.7. The zero-order chi connectivity index (χ0) is 13.0. The number of anilines is 1. The number of nitrogens with one attached hydrogen (secondary N) is 1. The van der Waals surface area contributed by atoms with Crippen LogP contribution >= 0.6 is 15.9 Å². The van der Waals surface area contributed by atoms with Gasteiger partial charge in [-0.1, -0.05) is 44.2 Å². The fourth-order valence-electron chi connectivity index (χ4n) is 1.78. The van der Waals surface area contributed by atoms with Crippen LogP contribution in [0.4, 0.5) is 5.82 Å². The molecule has 0 aliphatic heterocycles. The third-order valence-corrected chi connectivity index (χ3v) is 3.46. The maximum absolute atomic E-state index is 4.32. The molecule has 3 heteroatoms. The monoisotopic (exact) mass is 304 g/mol. The van der Waals surface area contributed by atoms with Crippen molar-refractivity contribution in [3.05, 3.63) is 58.7 Å². The topological polar surface area (TPSA) is 24.9 Å². The van der Waals surface area contributed by atoms with Crippen LogP contribution in [0.25, 0.3) is 0 Å². The summed E-state index contributed by atoms with van der Waals surface area (Å²) >= 11 is 3.38. The van der Waals surface area contributed by atoms with Crippen LogP contribution in [0.5, 0.6) is 0 Å². The van der Waals surface area contributed by atoms with E-state index in [0.717, 1.165) is 16.8 Å². The second kappa shape index (κ2) is 5.53.